The number of phenols is 2. The van der Waals surface area contributed by atoms with E-state index in [1.54, 1.807) is 0 Å². The maximum Gasteiger partial charge on any atom is 0.234 e. The van der Waals surface area contributed by atoms with Crippen molar-refractivity contribution in [1.29, 1.82) is 0 Å². The largest absolute Gasteiger partial charge is 0.510 e. The standard InChI is InChI=1S/C19H20O8/c1-7-14(23)12(9(3)21)16-13(15(7)24)18(4)17(25)11(8(2)20)10(22)6-19(18,26-5)27-16/h23-25H,6H2,1-5H3/t18-,19-/m1/s1. The third-order valence-electron chi connectivity index (χ3n) is 5.58. The molecule has 0 spiro atoms. The normalized spacial score (nSPS) is 26.5. The molecular formula is C19H20O8. The number of aliphatic hydroxyl groups excluding tert-OH is 1. The predicted octanol–water partition coefficient (Wildman–Crippen LogP) is 1.98. The summed E-state index contributed by atoms with van der Waals surface area (Å²) in [5, 5.41) is 32.0. The van der Waals surface area contributed by atoms with Crippen LogP contribution >= 0.6 is 0 Å². The molecule has 0 aromatic heterocycles. The van der Waals surface area contributed by atoms with Crippen molar-refractivity contribution in [3.63, 3.8) is 0 Å². The molecule has 27 heavy (non-hydrogen) atoms. The monoisotopic (exact) mass is 376 g/mol. The molecule has 1 aliphatic carbocycles. The fourth-order valence-electron chi connectivity index (χ4n) is 4.05. The van der Waals surface area contributed by atoms with Crippen LogP contribution in [-0.2, 0) is 19.7 Å². The Labute approximate surface area is 155 Å². The lowest BCUT2D eigenvalue weighted by molar-refractivity contribution is -0.199. The van der Waals surface area contributed by atoms with Gasteiger partial charge in [-0.25, -0.2) is 0 Å². The molecule has 1 aromatic rings. The van der Waals surface area contributed by atoms with Crippen LogP contribution in [0.1, 0.15) is 48.7 Å². The first kappa shape index (κ1) is 18.9. The molecule has 0 saturated carbocycles. The highest BCUT2D eigenvalue weighted by molar-refractivity contribution is 6.21. The zero-order valence-corrected chi connectivity index (χ0v) is 15.6. The number of ether oxygens (including phenoxy) is 2. The summed E-state index contributed by atoms with van der Waals surface area (Å²) >= 11 is 0. The van der Waals surface area contributed by atoms with Crippen LogP contribution in [0.15, 0.2) is 11.3 Å². The van der Waals surface area contributed by atoms with Gasteiger partial charge in [-0.3, -0.25) is 14.4 Å². The maximum atomic E-state index is 12.5. The number of fused-ring (bicyclic) bond motifs is 3. The number of hydrogen-bond acceptors (Lipinski definition) is 8. The first-order chi connectivity index (χ1) is 12.4. The average Bonchev–Trinajstić information content (AvgIpc) is 2.82. The Morgan fingerprint density at radius 2 is 1.70 bits per heavy atom. The van der Waals surface area contributed by atoms with Crippen LogP contribution in [-0.4, -0.2) is 45.6 Å². The van der Waals surface area contributed by atoms with Crippen molar-refractivity contribution in [2.24, 2.45) is 0 Å². The minimum Gasteiger partial charge on any atom is -0.510 e. The topological polar surface area (TPSA) is 130 Å². The van der Waals surface area contributed by atoms with Gasteiger partial charge in [0.1, 0.15) is 34.0 Å². The molecule has 0 amide bonds. The smallest absolute Gasteiger partial charge is 0.234 e. The second kappa shape index (κ2) is 5.56. The van der Waals surface area contributed by atoms with Crippen molar-refractivity contribution in [2.75, 3.05) is 7.11 Å². The van der Waals surface area contributed by atoms with Crippen molar-refractivity contribution in [1.82, 2.24) is 0 Å². The summed E-state index contributed by atoms with van der Waals surface area (Å²) in [5.74, 6) is -5.33. The van der Waals surface area contributed by atoms with Crippen LogP contribution < -0.4 is 4.74 Å². The molecule has 8 nitrogen and oxygen atoms in total. The Balaban J connectivity index is 2.52. The van der Waals surface area contributed by atoms with E-state index >= 15 is 0 Å². The number of Topliss-reactive ketones (excluding diaryl/α,β-unsaturated/α-hetero) is 3. The second-order valence-electron chi connectivity index (χ2n) is 7.02. The van der Waals surface area contributed by atoms with Gasteiger partial charge in [-0.15, -0.1) is 0 Å². The molecule has 1 aliphatic heterocycles. The van der Waals surface area contributed by atoms with Crippen LogP contribution in [0, 0.1) is 6.92 Å². The Morgan fingerprint density at radius 1 is 1.11 bits per heavy atom. The summed E-state index contributed by atoms with van der Waals surface area (Å²) in [5.41, 5.74) is -2.27. The van der Waals surface area contributed by atoms with Gasteiger partial charge < -0.3 is 24.8 Å². The molecule has 3 rings (SSSR count). The van der Waals surface area contributed by atoms with Gasteiger partial charge in [-0.05, 0) is 27.7 Å². The third kappa shape index (κ3) is 2.04. The van der Waals surface area contributed by atoms with Crippen LogP contribution in [0.3, 0.4) is 0 Å². The highest BCUT2D eigenvalue weighted by Gasteiger charge is 2.67. The fourth-order valence-corrected chi connectivity index (χ4v) is 4.05. The number of aliphatic hydroxyl groups is 1. The van der Waals surface area contributed by atoms with Crippen molar-refractivity contribution >= 4 is 17.3 Å². The summed E-state index contributed by atoms with van der Waals surface area (Å²) in [4.78, 5) is 36.6. The molecule has 3 N–H and O–H groups in total. The molecule has 0 bridgehead atoms. The number of aromatic hydroxyl groups is 2. The number of rotatable bonds is 3. The van der Waals surface area contributed by atoms with E-state index in [0.29, 0.717) is 0 Å². The molecule has 1 heterocycles. The SMILES string of the molecule is CO[C@@]12CC(=O)C(C(C)=O)=C(O)[C@@]1(C)c1c(O)c(C)c(O)c(C(C)=O)c1O2. The number of benzene rings is 1. The number of carbonyl (C=O) groups is 3. The number of ketones is 3. The molecule has 0 fully saturated rings. The lowest BCUT2D eigenvalue weighted by Gasteiger charge is -2.43. The lowest BCUT2D eigenvalue weighted by atomic mass is 9.66. The summed E-state index contributed by atoms with van der Waals surface area (Å²) in [6.07, 6.45) is -0.426. The molecule has 0 saturated heterocycles. The minimum atomic E-state index is -1.79. The zero-order valence-electron chi connectivity index (χ0n) is 15.6. The van der Waals surface area contributed by atoms with Crippen molar-refractivity contribution in [2.45, 2.75) is 45.3 Å². The summed E-state index contributed by atoms with van der Waals surface area (Å²) in [6.45, 7) is 5.20. The number of carbonyl (C=O) groups excluding carboxylic acids is 3. The van der Waals surface area contributed by atoms with Gasteiger partial charge in [0.2, 0.25) is 5.79 Å². The molecule has 0 radical (unpaired) electrons. The van der Waals surface area contributed by atoms with Gasteiger partial charge in [0.05, 0.1) is 17.6 Å². The van der Waals surface area contributed by atoms with E-state index in [4.69, 9.17) is 9.47 Å². The van der Waals surface area contributed by atoms with E-state index in [-0.39, 0.29) is 22.4 Å². The first-order valence-corrected chi connectivity index (χ1v) is 8.26. The number of hydrogen-bond donors (Lipinski definition) is 3. The van der Waals surface area contributed by atoms with Crippen LogP contribution in [0.2, 0.25) is 0 Å². The summed E-state index contributed by atoms with van der Waals surface area (Å²) < 4.78 is 11.3. The third-order valence-corrected chi connectivity index (χ3v) is 5.58. The minimum absolute atomic E-state index is 0.00440. The van der Waals surface area contributed by atoms with E-state index in [1.165, 1.54) is 27.9 Å². The summed E-state index contributed by atoms with van der Waals surface area (Å²) in [6, 6.07) is 0. The zero-order chi connectivity index (χ0) is 20.5. The lowest BCUT2D eigenvalue weighted by Crippen LogP contribution is -2.57. The first-order valence-electron chi connectivity index (χ1n) is 8.26. The van der Waals surface area contributed by atoms with E-state index < -0.39 is 57.8 Å². The molecule has 144 valence electrons. The number of phenolic OH excluding ortho intramolecular Hbond substituents is 2. The van der Waals surface area contributed by atoms with Gasteiger partial charge in [-0.2, -0.15) is 0 Å². The molecule has 2 aliphatic rings. The van der Waals surface area contributed by atoms with E-state index in [2.05, 4.69) is 0 Å². The van der Waals surface area contributed by atoms with Gasteiger partial charge in [0.15, 0.2) is 17.3 Å². The molecular weight excluding hydrogens is 356 g/mol. The van der Waals surface area contributed by atoms with Gasteiger partial charge in [0.25, 0.3) is 0 Å². The number of methoxy groups -OCH3 is 1. The van der Waals surface area contributed by atoms with E-state index in [9.17, 15) is 29.7 Å². The van der Waals surface area contributed by atoms with E-state index in [0.717, 1.165) is 6.92 Å². The van der Waals surface area contributed by atoms with Gasteiger partial charge in [0, 0.05) is 12.7 Å². The van der Waals surface area contributed by atoms with Gasteiger partial charge >= 0.3 is 0 Å². The van der Waals surface area contributed by atoms with Crippen LogP contribution in [0.25, 0.3) is 0 Å². The molecule has 2 atom stereocenters. The second-order valence-corrected chi connectivity index (χ2v) is 7.02. The predicted molar refractivity (Wildman–Crippen MR) is 92.2 cm³/mol. The van der Waals surface area contributed by atoms with Gasteiger partial charge in [-0.1, -0.05) is 0 Å². The Kier molecular flexibility index (Phi) is 3.89. The quantitative estimate of drug-likeness (QED) is 0.539. The maximum absolute atomic E-state index is 12.5. The van der Waals surface area contributed by atoms with Crippen molar-refractivity contribution in [3.05, 3.63) is 28.0 Å². The van der Waals surface area contributed by atoms with Crippen molar-refractivity contribution < 1.29 is 39.2 Å². The van der Waals surface area contributed by atoms with E-state index in [1.807, 2.05) is 0 Å². The molecule has 1 aromatic carbocycles. The van der Waals surface area contributed by atoms with Crippen LogP contribution in [0.5, 0.6) is 17.2 Å². The Hall–Kier alpha value is -2.87. The average molecular weight is 376 g/mol. The summed E-state index contributed by atoms with van der Waals surface area (Å²) in [7, 11) is 1.25. The molecule has 8 heteroatoms. The number of allylic oxidation sites excluding steroid dienone is 1. The fraction of sp³-hybridized carbons (Fsp3) is 0.421. The Bertz CT molecular complexity index is 957. The Morgan fingerprint density at radius 3 is 2.19 bits per heavy atom. The van der Waals surface area contributed by atoms with Crippen molar-refractivity contribution in [3.8, 4) is 17.2 Å². The van der Waals surface area contributed by atoms with Crippen LogP contribution in [0.4, 0.5) is 0 Å². The molecule has 0 unspecified atom stereocenters. The highest BCUT2D eigenvalue weighted by atomic mass is 16.7. The highest BCUT2D eigenvalue weighted by Crippen LogP contribution is 2.62.